The number of hydrogen-bond donors (Lipinski definition) is 1. The molecule has 96 valence electrons. The van der Waals surface area contributed by atoms with Gasteiger partial charge in [-0.2, -0.15) is 0 Å². The van der Waals surface area contributed by atoms with E-state index in [4.69, 9.17) is 4.74 Å². The van der Waals surface area contributed by atoms with E-state index >= 15 is 0 Å². The molecule has 0 fully saturated rings. The van der Waals surface area contributed by atoms with Crippen LogP contribution in [-0.4, -0.2) is 19.1 Å². The van der Waals surface area contributed by atoms with Crippen molar-refractivity contribution < 1.29 is 9.13 Å². The summed E-state index contributed by atoms with van der Waals surface area (Å²) < 4.78 is 19.7. The second-order valence-electron chi connectivity index (χ2n) is 4.06. The monoisotopic (exact) mass is 312 g/mol. The van der Waals surface area contributed by atoms with Crippen molar-refractivity contribution in [1.82, 2.24) is 4.98 Å². The molecule has 0 saturated heterocycles. The number of rotatable bonds is 3. The third-order valence-corrected chi connectivity index (χ3v) is 3.36. The Balaban J connectivity index is 2.82. The van der Waals surface area contributed by atoms with Gasteiger partial charge in [-0.25, -0.2) is 9.37 Å². The quantitative estimate of drug-likeness (QED) is 0.939. The number of benzene rings is 1. The Hall–Kier alpha value is -1.20. The maximum atomic E-state index is 14.2. The third kappa shape index (κ3) is 2.20. The summed E-state index contributed by atoms with van der Waals surface area (Å²) >= 11 is 3.22. The average molecular weight is 313 g/mol. The molecule has 0 atom stereocenters. The molecule has 0 spiro atoms. The minimum atomic E-state index is -0.295. The predicted molar refractivity (Wildman–Crippen MR) is 74.4 cm³/mol. The molecule has 0 radical (unpaired) electrons. The molecule has 1 aromatic carbocycles. The van der Waals surface area contributed by atoms with Crippen molar-refractivity contribution in [3.63, 3.8) is 0 Å². The average Bonchev–Trinajstić information content (AvgIpc) is 2.35. The largest absolute Gasteiger partial charge is 0.387 e. The van der Waals surface area contributed by atoms with Crippen LogP contribution in [0, 0.1) is 12.7 Å². The van der Waals surface area contributed by atoms with E-state index in [0.29, 0.717) is 27.7 Å². The number of nitrogens with one attached hydrogen (secondary N) is 1. The molecule has 0 aliphatic rings. The van der Waals surface area contributed by atoms with E-state index in [1.807, 2.05) is 6.92 Å². The minimum Gasteiger partial charge on any atom is -0.387 e. The summed E-state index contributed by atoms with van der Waals surface area (Å²) in [6.45, 7) is 2.32. The van der Waals surface area contributed by atoms with Crippen LogP contribution < -0.4 is 5.32 Å². The van der Waals surface area contributed by atoms with Crippen LogP contribution in [0.25, 0.3) is 10.9 Å². The lowest BCUT2D eigenvalue weighted by atomic mass is 10.1. The molecule has 3 nitrogen and oxygen atoms in total. The first-order valence-corrected chi connectivity index (χ1v) is 6.32. The summed E-state index contributed by atoms with van der Waals surface area (Å²) in [5.41, 5.74) is 3.08. The first-order valence-electron chi connectivity index (χ1n) is 5.53. The molecule has 0 aliphatic carbocycles. The summed E-state index contributed by atoms with van der Waals surface area (Å²) in [6, 6.07) is 3.54. The van der Waals surface area contributed by atoms with Gasteiger partial charge in [0.15, 0.2) is 0 Å². The SMILES string of the molecule is CNc1cc(COC)nc2c(C)cc(Br)c(F)c12. The van der Waals surface area contributed by atoms with E-state index in [0.717, 1.165) is 11.3 Å². The molecular formula is C13H14BrFN2O. The van der Waals surface area contributed by atoms with Gasteiger partial charge in [0, 0.05) is 19.8 Å². The smallest absolute Gasteiger partial charge is 0.148 e. The van der Waals surface area contributed by atoms with E-state index in [9.17, 15) is 4.39 Å². The van der Waals surface area contributed by atoms with Gasteiger partial charge in [0.1, 0.15) is 5.82 Å². The number of nitrogens with zero attached hydrogens (tertiary/aromatic N) is 1. The standard InChI is InChI=1S/C13H14BrFN2O/c1-7-4-9(14)12(15)11-10(16-2)5-8(6-18-3)17-13(7)11/h4-5H,6H2,1-3H3,(H,16,17). The molecular weight excluding hydrogens is 299 g/mol. The van der Waals surface area contributed by atoms with Crippen molar-refractivity contribution in [1.29, 1.82) is 0 Å². The fourth-order valence-corrected chi connectivity index (χ4v) is 2.51. The van der Waals surface area contributed by atoms with E-state index in [2.05, 4.69) is 26.2 Å². The van der Waals surface area contributed by atoms with E-state index in [-0.39, 0.29) is 5.82 Å². The molecule has 0 amide bonds. The molecule has 1 N–H and O–H groups in total. The van der Waals surface area contributed by atoms with Crippen molar-refractivity contribution in [3.05, 3.63) is 33.7 Å². The normalized spacial score (nSPS) is 10.9. The Morgan fingerprint density at radius 1 is 1.44 bits per heavy atom. The van der Waals surface area contributed by atoms with E-state index < -0.39 is 0 Å². The number of methoxy groups -OCH3 is 1. The van der Waals surface area contributed by atoms with E-state index in [1.165, 1.54) is 0 Å². The zero-order chi connectivity index (χ0) is 13.3. The summed E-state index contributed by atoms with van der Waals surface area (Å²) in [5, 5.41) is 3.51. The second-order valence-corrected chi connectivity index (χ2v) is 4.91. The Morgan fingerprint density at radius 2 is 2.17 bits per heavy atom. The fraction of sp³-hybridized carbons (Fsp3) is 0.308. The fourth-order valence-electron chi connectivity index (χ4n) is 1.97. The summed E-state index contributed by atoms with van der Waals surface area (Å²) in [4.78, 5) is 4.45. The van der Waals surface area contributed by atoms with Gasteiger partial charge in [-0.3, -0.25) is 0 Å². The highest BCUT2D eigenvalue weighted by Gasteiger charge is 2.14. The molecule has 2 aromatic rings. The van der Waals surface area contributed by atoms with Crippen molar-refractivity contribution >= 4 is 32.5 Å². The summed E-state index contributed by atoms with van der Waals surface area (Å²) in [6.07, 6.45) is 0. The lowest BCUT2D eigenvalue weighted by Gasteiger charge is -2.12. The summed E-state index contributed by atoms with van der Waals surface area (Å²) in [7, 11) is 3.38. The van der Waals surface area contributed by atoms with Crippen LogP contribution in [0.3, 0.4) is 0 Å². The molecule has 1 heterocycles. The van der Waals surface area contributed by atoms with Gasteiger partial charge in [-0.05, 0) is 40.5 Å². The van der Waals surface area contributed by atoms with Gasteiger partial charge in [0.05, 0.1) is 27.7 Å². The highest BCUT2D eigenvalue weighted by atomic mass is 79.9. The Kier molecular flexibility index (Phi) is 3.82. The van der Waals surface area contributed by atoms with Crippen molar-refractivity contribution in [3.8, 4) is 0 Å². The second kappa shape index (κ2) is 5.20. The molecule has 0 unspecified atom stereocenters. The molecule has 0 bridgehead atoms. The van der Waals surface area contributed by atoms with Gasteiger partial charge in [-0.15, -0.1) is 0 Å². The summed E-state index contributed by atoms with van der Waals surface area (Å²) in [5.74, 6) is -0.295. The van der Waals surface area contributed by atoms with Crippen LogP contribution in [0.2, 0.25) is 0 Å². The van der Waals surface area contributed by atoms with Crippen LogP contribution >= 0.6 is 15.9 Å². The lowest BCUT2D eigenvalue weighted by Crippen LogP contribution is -2.01. The molecule has 1 aromatic heterocycles. The van der Waals surface area contributed by atoms with Gasteiger partial charge in [0.2, 0.25) is 0 Å². The van der Waals surface area contributed by atoms with Gasteiger partial charge in [-0.1, -0.05) is 0 Å². The zero-order valence-electron chi connectivity index (χ0n) is 10.5. The number of pyridine rings is 1. The predicted octanol–water partition coefficient (Wildman–Crippen LogP) is 3.63. The van der Waals surface area contributed by atoms with E-state index in [1.54, 1.807) is 26.3 Å². The number of anilines is 1. The molecule has 0 saturated carbocycles. The lowest BCUT2D eigenvalue weighted by molar-refractivity contribution is 0.182. The van der Waals surface area contributed by atoms with Crippen LogP contribution in [-0.2, 0) is 11.3 Å². The van der Waals surface area contributed by atoms with Crippen molar-refractivity contribution in [2.45, 2.75) is 13.5 Å². The topological polar surface area (TPSA) is 34.1 Å². The van der Waals surface area contributed by atoms with Crippen molar-refractivity contribution in [2.75, 3.05) is 19.5 Å². The highest BCUT2D eigenvalue weighted by Crippen LogP contribution is 2.32. The maximum absolute atomic E-state index is 14.2. The number of halogens is 2. The number of aromatic nitrogens is 1. The third-order valence-electron chi connectivity index (χ3n) is 2.78. The first-order chi connectivity index (χ1) is 8.58. The molecule has 5 heteroatoms. The highest BCUT2D eigenvalue weighted by molar-refractivity contribution is 9.10. The number of aryl methyl sites for hydroxylation is 1. The Labute approximate surface area is 113 Å². The first kappa shape index (κ1) is 13.2. The molecule has 18 heavy (non-hydrogen) atoms. The van der Waals surface area contributed by atoms with Gasteiger partial charge >= 0.3 is 0 Å². The van der Waals surface area contributed by atoms with Crippen molar-refractivity contribution in [2.24, 2.45) is 0 Å². The molecule has 0 aliphatic heterocycles. The number of ether oxygens (including phenoxy) is 1. The molecule has 2 rings (SSSR count). The number of fused-ring (bicyclic) bond motifs is 1. The van der Waals surface area contributed by atoms with Gasteiger partial charge < -0.3 is 10.1 Å². The van der Waals surface area contributed by atoms with Crippen LogP contribution in [0.4, 0.5) is 10.1 Å². The maximum Gasteiger partial charge on any atom is 0.148 e. The van der Waals surface area contributed by atoms with Crippen LogP contribution in [0.5, 0.6) is 0 Å². The van der Waals surface area contributed by atoms with Crippen LogP contribution in [0.1, 0.15) is 11.3 Å². The minimum absolute atomic E-state index is 0.295. The Morgan fingerprint density at radius 3 is 2.78 bits per heavy atom. The zero-order valence-corrected chi connectivity index (χ0v) is 12.1. The number of hydrogen-bond acceptors (Lipinski definition) is 3. The Bertz CT molecular complexity index is 601. The van der Waals surface area contributed by atoms with Gasteiger partial charge in [0.25, 0.3) is 0 Å². The van der Waals surface area contributed by atoms with Crippen LogP contribution in [0.15, 0.2) is 16.6 Å².